The van der Waals surface area contributed by atoms with E-state index in [-0.39, 0.29) is 15.3 Å². The number of nitrogens with zero attached hydrogens (tertiary/aromatic N) is 2. The fraction of sp³-hybridized carbons (Fsp3) is 0.500. The number of halogens is 2. The average Bonchev–Trinajstić information content (AvgIpc) is 2.41. The van der Waals surface area contributed by atoms with Gasteiger partial charge in [-0.05, 0) is 42.0 Å². The Kier molecular flexibility index (Phi) is 4.56. The van der Waals surface area contributed by atoms with Crippen molar-refractivity contribution in [2.75, 3.05) is 25.0 Å². The maximum Gasteiger partial charge on any atom is 0.293 e. The van der Waals surface area contributed by atoms with Gasteiger partial charge in [0.05, 0.1) is 8.49 Å². The van der Waals surface area contributed by atoms with Crippen LogP contribution >= 0.6 is 22.6 Å². The third-order valence-electron chi connectivity index (χ3n) is 3.41. The molecule has 5 nitrogen and oxygen atoms in total. The smallest absolute Gasteiger partial charge is 0.293 e. The van der Waals surface area contributed by atoms with Crippen molar-refractivity contribution in [1.82, 2.24) is 5.32 Å². The zero-order valence-electron chi connectivity index (χ0n) is 10.5. The normalized spacial score (nSPS) is 19.2. The molecule has 1 fully saturated rings. The van der Waals surface area contributed by atoms with Gasteiger partial charge in [0, 0.05) is 31.8 Å². The molecule has 19 heavy (non-hydrogen) atoms. The minimum absolute atomic E-state index is 0.0427. The molecule has 0 aromatic heterocycles. The first-order valence-corrected chi connectivity index (χ1v) is 7.15. The summed E-state index contributed by atoms with van der Waals surface area (Å²) >= 11 is 1.77. The van der Waals surface area contributed by atoms with E-state index in [1.54, 1.807) is 29.6 Å². The Morgan fingerprint density at radius 2 is 2.32 bits per heavy atom. The first kappa shape index (κ1) is 14.4. The maximum atomic E-state index is 13.7. The summed E-state index contributed by atoms with van der Waals surface area (Å²) in [7, 11) is 1.78. The molecule has 1 heterocycles. The molecule has 0 spiro atoms. The minimum atomic E-state index is -0.455. The Morgan fingerprint density at radius 1 is 1.58 bits per heavy atom. The summed E-state index contributed by atoms with van der Waals surface area (Å²) in [5, 5.41) is 14.4. The molecule has 0 saturated carbocycles. The Hall–Kier alpha value is -0.960. The average molecular weight is 379 g/mol. The molecule has 1 atom stereocenters. The topological polar surface area (TPSA) is 58.4 Å². The molecule has 0 aliphatic carbocycles. The number of nitrogens with one attached hydrogen (secondary N) is 1. The van der Waals surface area contributed by atoms with Crippen LogP contribution in [-0.2, 0) is 0 Å². The lowest BCUT2D eigenvalue weighted by Crippen LogP contribution is -2.44. The summed E-state index contributed by atoms with van der Waals surface area (Å²) in [4.78, 5) is 12.5. The SMILES string of the molecule is CN(c1cc(F)c(I)cc1[N+](=O)[O-])C1CCCNC1. The van der Waals surface area contributed by atoms with Gasteiger partial charge in [-0.3, -0.25) is 10.1 Å². The Labute approximate surface area is 124 Å². The van der Waals surface area contributed by atoms with Gasteiger partial charge < -0.3 is 10.2 Å². The van der Waals surface area contributed by atoms with Crippen molar-refractivity contribution < 1.29 is 9.31 Å². The number of hydrogen-bond acceptors (Lipinski definition) is 4. The summed E-state index contributed by atoms with van der Waals surface area (Å²) in [6, 6.07) is 2.71. The highest BCUT2D eigenvalue weighted by atomic mass is 127. The molecule has 1 aromatic carbocycles. The second-order valence-corrected chi connectivity index (χ2v) is 5.79. The van der Waals surface area contributed by atoms with Crippen molar-refractivity contribution >= 4 is 34.0 Å². The molecule has 1 aliphatic rings. The standard InChI is InChI=1S/C12H15FIN3O2/c1-16(8-3-2-4-15-7-8)11-5-9(13)10(14)6-12(11)17(18)19/h5-6,8,15H,2-4,7H2,1H3. The highest BCUT2D eigenvalue weighted by molar-refractivity contribution is 14.1. The lowest BCUT2D eigenvalue weighted by molar-refractivity contribution is -0.384. The van der Waals surface area contributed by atoms with Crippen LogP contribution in [0.1, 0.15) is 12.8 Å². The second-order valence-electron chi connectivity index (χ2n) is 4.62. The Balaban J connectivity index is 2.36. The Morgan fingerprint density at radius 3 is 2.89 bits per heavy atom. The van der Waals surface area contributed by atoms with E-state index in [2.05, 4.69) is 5.32 Å². The monoisotopic (exact) mass is 379 g/mol. The van der Waals surface area contributed by atoms with Gasteiger partial charge >= 0.3 is 0 Å². The van der Waals surface area contributed by atoms with Crippen molar-refractivity contribution in [3.05, 3.63) is 31.6 Å². The van der Waals surface area contributed by atoms with Crippen molar-refractivity contribution in [3.63, 3.8) is 0 Å². The predicted octanol–water partition coefficient (Wildman–Crippen LogP) is 2.53. The largest absolute Gasteiger partial charge is 0.365 e. The van der Waals surface area contributed by atoms with E-state index in [9.17, 15) is 14.5 Å². The first-order valence-electron chi connectivity index (χ1n) is 6.07. The van der Waals surface area contributed by atoms with Gasteiger partial charge in [-0.15, -0.1) is 0 Å². The van der Waals surface area contributed by atoms with E-state index in [0.717, 1.165) is 25.9 Å². The number of rotatable bonds is 3. The molecule has 1 aromatic rings. The van der Waals surface area contributed by atoms with E-state index < -0.39 is 10.7 Å². The van der Waals surface area contributed by atoms with Gasteiger partial charge in [0.15, 0.2) is 0 Å². The third-order valence-corrected chi connectivity index (χ3v) is 4.24. The van der Waals surface area contributed by atoms with Crippen molar-refractivity contribution in [1.29, 1.82) is 0 Å². The molecule has 0 radical (unpaired) electrons. The van der Waals surface area contributed by atoms with Crippen LogP contribution < -0.4 is 10.2 Å². The zero-order chi connectivity index (χ0) is 14.0. The van der Waals surface area contributed by atoms with Crippen LogP contribution in [0.15, 0.2) is 12.1 Å². The van der Waals surface area contributed by atoms with E-state index >= 15 is 0 Å². The number of piperidine rings is 1. The number of nitro groups is 1. The van der Waals surface area contributed by atoms with Crippen LogP contribution in [0, 0.1) is 19.5 Å². The van der Waals surface area contributed by atoms with Crippen LogP contribution in [0.3, 0.4) is 0 Å². The Bertz CT molecular complexity index is 492. The van der Waals surface area contributed by atoms with Gasteiger partial charge in [-0.2, -0.15) is 0 Å². The van der Waals surface area contributed by atoms with E-state index in [1.807, 2.05) is 4.90 Å². The second kappa shape index (κ2) is 6.00. The van der Waals surface area contributed by atoms with Gasteiger partial charge in [-0.1, -0.05) is 0 Å². The highest BCUT2D eigenvalue weighted by Crippen LogP contribution is 2.32. The van der Waals surface area contributed by atoms with Crippen molar-refractivity contribution in [2.45, 2.75) is 18.9 Å². The fourth-order valence-electron chi connectivity index (χ4n) is 2.32. The van der Waals surface area contributed by atoms with Gasteiger partial charge in [0.25, 0.3) is 5.69 Å². The van der Waals surface area contributed by atoms with E-state index in [1.165, 1.54) is 12.1 Å². The van der Waals surface area contributed by atoms with Crippen LogP contribution in [-0.4, -0.2) is 31.1 Å². The van der Waals surface area contributed by atoms with Crippen LogP contribution in [0.2, 0.25) is 0 Å². The first-order chi connectivity index (χ1) is 9.00. The van der Waals surface area contributed by atoms with Gasteiger partial charge in [0.2, 0.25) is 0 Å². The van der Waals surface area contributed by atoms with Crippen molar-refractivity contribution in [3.8, 4) is 0 Å². The summed E-state index contributed by atoms with van der Waals surface area (Å²) in [5.41, 5.74) is 0.301. The molecule has 1 unspecified atom stereocenters. The molecule has 0 amide bonds. The lowest BCUT2D eigenvalue weighted by Gasteiger charge is -2.33. The molecule has 104 valence electrons. The minimum Gasteiger partial charge on any atom is -0.365 e. The molecular formula is C12H15FIN3O2. The quantitative estimate of drug-likeness (QED) is 0.498. The maximum absolute atomic E-state index is 13.7. The fourth-order valence-corrected chi connectivity index (χ4v) is 2.77. The number of likely N-dealkylation sites (N-methyl/N-ethyl adjacent to an activating group) is 1. The number of nitro benzene ring substituents is 1. The predicted molar refractivity (Wildman–Crippen MR) is 80.1 cm³/mol. The van der Waals surface area contributed by atoms with Crippen molar-refractivity contribution in [2.24, 2.45) is 0 Å². The lowest BCUT2D eigenvalue weighted by atomic mass is 10.1. The molecule has 7 heteroatoms. The van der Waals surface area contributed by atoms with Gasteiger partial charge in [-0.25, -0.2) is 4.39 Å². The number of benzene rings is 1. The highest BCUT2D eigenvalue weighted by Gasteiger charge is 2.25. The summed E-state index contributed by atoms with van der Waals surface area (Å²) in [6.07, 6.45) is 1.98. The molecule has 1 saturated heterocycles. The third kappa shape index (κ3) is 3.14. The summed E-state index contributed by atoms with van der Waals surface area (Å²) < 4.78 is 13.9. The molecule has 1 aliphatic heterocycles. The number of anilines is 1. The number of hydrogen-bond donors (Lipinski definition) is 1. The van der Waals surface area contributed by atoms with E-state index in [0.29, 0.717) is 5.69 Å². The zero-order valence-corrected chi connectivity index (χ0v) is 12.7. The molecule has 1 N–H and O–H groups in total. The summed E-state index contributed by atoms with van der Waals surface area (Å²) in [6.45, 7) is 1.73. The van der Waals surface area contributed by atoms with E-state index in [4.69, 9.17) is 0 Å². The summed E-state index contributed by atoms with van der Waals surface area (Å²) in [5.74, 6) is -0.420. The van der Waals surface area contributed by atoms with Crippen LogP contribution in [0.5, 0.6) is 0 Å². The molecule has 0 bridgehead atoms. The molecular weight excluding hydrogens is 364 g/mol. The van der Waals surface area contributed by atoms with Crippen LogP contribution in [0.25, 0.3) is 0 Å². The molecule has 2 rings (SSSR count). The van der Waals surface area contributed by atoms with Crippen LogP contribution in [0.4, 0.5) is 15.8 Å². The van der Waals surface area contributed by atoms with Gasteiger partial charge in [0.1, 0.15) is 11.5 Å².